The first-order valence-electron chi connectivity index (χ1n) is 11.4. The SMILES string of the molecule is COCCC(=O)N1CCC([C@@H]2CN(c3ccc(C#N)c(C(F)(F)F)c3)C[C@H]2C(=O)N(C)C)CC1. The molecule has 7 nitrogen and oxygen atoms in total. The van der Waals surface area contributed by atoms with E-state index in [1.54, 1.807) is 27.3 Å². The molecule has 2 fully saturated rings. The van der Waals surface area contributed by atoms with Crippen molar-refractivity contribution >= 4 is 17.5 Å². The highest BCUT2D eigenvalue weighted by atomic mass is 19.4. The average Bonchev–Trinajstić information content (AvgIpc) is 3.26. The summed E-state index contributed by atoms with van der Waals surface area (Å²) in [6, 6.07) is 5.33. The summed E-state index contributed by atoms with van der Waals surface area (Å²) in [6.45, 7) is 2.34. The lowest BCUT2D eigenvalue weighted by atomic mass is 9.78. The van der Waals surface area contributed by atoms with Crippen LogP contribution in [0.1, 0.15) is 30.4 Å². The Bertz CT molecular complexity index is 936. The predicted molar refractivity (Wildman–Crippen MR) is 120 cm³/mol. The number of carbonyl (C=O) groups excluding carboxylic acids is 2. The van der Waals surface area contributed by atoms with E-state index in [1.807, 2.05) is 9.80 Å². The number of hydrogen-bond acceptors (Lipinski definition) is 5. The quantitative estimate of drug-likeness (QED) is 0.626. The van der Waals surface area contributed by atoms with Crippen LogP contribution in [-0.2, 0) is 20.5 Å². The molecule has 3 rings (SSSR count). The van der Waals surface area contributed by atoms with E-state index in [4.69, 9.17) is 10.00 Å². The maximum atomic E-state index is 13.5. The second kappa shape index (κ2) is 10.6. The lowest BCUT2D eigenvalue weighted by Gasteiger charge is -2.36. The summed E-state index contributed by atoms with van der Waals surface area (Å²) in [5.74, 6) is -0.190. The molecular formula is C24H31F3N4O3. The monoisotopic (exact) mass is 480 g/mol. The van der Waals surface area contributed by atoms with E-state index in [2.05, 4.69) is 0 Å². The van der Waals surface area contributed by atoms with Gasteiger partial charge < -0.3 is 19.4 Å². The number of nitrogens with zero attached hydrogens (tertiary/aromatic N) is 4. The molecule has 0 radical (unpaired) electrons. The number of halogens is 3. The van der Waals surface area contributed by atoms with E-state index in [0.29, 0.717) is 44.9 Å². The van der Waals surface area contributed by atoms with Crippen molar-refractivity contribution in [2.75, 3.05) is 58.9 Å². The lowest BCUT2D eigenvalue weighted by Crippen LogP contribution is -2.43. The number of piperidine rings is 1. The minimum Gasteiger partial charge on any atom is -0.384 e. The molecule has 2 aliphatic rings. The average molecular weight is 481 g/mol. The van der Waals surface area contributed by atoms with Crippen LogP contribution in [0.5, 0.6) is 0 Å². The van der Waals surface area contributed by atoms with Crippen LogP contribution in [0.15, 0.2) is 18.2 Å². The highest BCUT2D eigenvalue weighted by Crippen LogP contribution is 2.40. The summed E-state index contributed by atoms with van der Waals surface area (Å²) < 4.78 is 45.5. The van der Waals surface area contributed by atoms with Crippen LogP contribution in [0, 0.1) is 29.1 Å². The standard InChI is InChI=1S/C24H31F3N4O3/c1-29(2)23(33)20-15-31(18-5-4-17(13-28)21(12-18)24(25,26)27)14-19(20)16-6-9-30(10-7-16)22(32)8-11-34-3/h4-5,12,16,19-20H,6-11,14-15H2,1-3H3/t19-,20+/m0/s1. The minimum atomic E-state index is -4.64. The molecule has 2 amide bonds. The normalized spacial score (nSPS) is 21.4. The zero-order valence-corrected chi connectivity index (χ0v) is 19.8. The first-order chi connectivity index (χ1) is 16.1. The van der Waals surface area contributed by atoms with E-state index in [1.165, 1.54) is 17.0 Å². The van der Waals surface area contributed by atoms with Crippen molar-refractivity contribution < 1.29 is 27.5 Å². The number of benzene rings is 1. The summed E-state index contributed by atoms with van der Waals surface area (Å²) in [7, 11) is 4.92. The molecule has 2 atom stereocenters. The Balaban J connectivity index is 1.79. The van der Waals surface area contributed by atoms with Crippen LogP contribution in [0.4, 0.5) is 18.9 Å². The number of nitriles is 1. The van der Waals surface area contributed by atoms with Crippen LogP contribution >= 0.6 is 0 Å². The van der Waals surface area contributed by atoms with Crippen LogP contribution in [0.25, 0.3) is 0 Å². The fraction of sp³-hybridized carbons (Fsp3) is 0.625. The Morgan fingerprint density at radius 1 is 1.21 bits per heavy atom. The second-order valence-corrected chi connectivity index (χ2v) is 9.21. The Morgan fingerprint density at radius 3 is 2.44 bits per heavy atom. The van der Waals surface area contributed by atoms with E-state index in [-0.39, 0.29) is 29.6 Å². The molecule has 0 aromatic heterocycles. The maximum absolute atomic E-state index is 13.5. The topological polar surface area (TPSA) is 76.9 Å². The van der Waals surface area contributed by atoms with Crippen molar-refractivity contribution in [2.24, 2.45) is 17.8 Å². The highest BCUT2D eigenvalue weighted by Gasteiger charge is 2.44. The van der Waals surface area contributed by atoms with Gasteiger partial charge in [0, 0.05) is 53.1 Å². The van der Waals surface area contributed by atoms with Gasteiger partial charge >= 0.3 is 6.18 Å². The summed E-state index contributed by atoms with van der Waals surface area (Å²) in [5, 5.41) is 9.09. The molecule has 2 aliphatic heterocycles. The van der Waals surface area contributed by atoms with Gasteiger partial charge in [-0.25, -0.2) is 0 Å². The van der Waals surface area contributed by atoms with Crippen molar-refractivity contribution in [3.8, 4) is 6.07 Å². The fourth-order valence-electron chi connectivity index (χ4n) is 5.10. The van der Waals surface area contributed by atoms with Gasteiger partial charge in [0.05, 0.1) is 36.1 Å². The molecule has 34 heavy (non-hydrogen) atoms. The van der Waals surface area contributed by atoms with Gasteiger partial charge in [-0.2, -0.15) is 18.4 Å². The van der Waals surface area contributed by atoms with Crippen molar-refractivity contribution in [3.63, 3.8) is 0 Å². The molecule has 0 N–H and O–H groups in total. The zero-order valence-electron chi connectivity index (χ0n) is 19.8. The molecule has 1 aromatic carbocycles. The van der Waals surface area contributed by atoms with Crippen molar-refractivity contribution in [3.05, 3.63) is 29.3 Å². The largest absolute Gasteiger partial charge is 0.417 e. The molecule has 2 saturated heterocycles. The molecule has 2 heterocycles. The lowest BCUT2D eigenvalue weighted by molar-refractivity contribution is -0.138. The fourth-order valence-corrected chi connectivity index (χ4v) is 5.10. The molecule has 0 bridgehead atoms. The third-order valence-electron chi connectivity index (χ3n) is 6.94. The van der Waals surface area contributed by atoms with Crippen LogP contribution in [0.2, 0.25) is 0 Å². The summed E-state index contributed by atoms with van der Waals surface area (Å²) in [4.78, 5) is 30.5. The maximum Gasteiger partial charge on any atom is 0.417 e. The first kappa shape index (κ1) is 25.8. The summed E-state index contributed by atoms with van der Waals surface area (Å²) in [5.41, 5.74) is -1.02. The Kier molecular flexibility index (Phi) is 8.08. The zero-order chi connectivity index (χ0) is 25.0. The van der Waals surface area contributed by atoms with Gasteiger partial charge in [-0.05, 0) is 42.9 Å². The van der Waals surface area contributed by atoms with Crippen molar-refractivity contribution in [2.45, 2.75) is 25.4 Å². The number of likely N-dealkylation sites (tertiary alicyclic amines) is 1. The summed E-state index contributed by atoms with van der Waals surface area (Å²) in [6.07, 6.45) is -2.81. The van der Waals surface area contributed by atoms with Crippen LogP contribution in [-0.4, -0.2) is 75.6 Å². The first-order valence-corrected chi connectivity index (χ1v) is 11.4. The van der Waals surface area contributed by atoms with Gasteiger partial charge in [0.15, 0.2) is 0 Å². The van der Waals surface area contributed by atoms with E-state index < -0.39 is 17.3 Å². The van der Waals surface area contributed by atoms with Crippen LogP contribution in [0.3, 0.4) is 0 Å². The predicted octanol–water partition coefficient (Wildman–Crippen LogP) is 2.99. The Hall–Kier alpha value is -2.80. The molecule has 0 aliphatic carbocycles. The molecular weight excluding hydrogens is 449 g/mol. The van der Waals surface area contributed by atoms with Gasteiger partial charge in [0.2, 0.25) is 11.8 Å². The van der Waals surface area contributed by atoms with Gasteiger partial charge in [0.25, 0.3) is 0 Å². The van der Waals surface area contributed by atoms with Crippen LogP contribution < -0.4 is 4.90 Å². The van der Waals surface area contributed by atoms with E-state index >= 15 is 0 Å². The molecule has 0 saturated carbocycles. The highest BCUT2D eigenvalue weighted by molar-refractivity contribution is 5.80. The van der Waals surface area contributed by atoms with Gasteiger partial charge in [-0.1, -0.05) is 0 Å². The molecule has 0 unspecified atom stereocenters. The number of amides is 2. The second-order valence-electron chi connectivity index (χ2n) is 9.21. The molecule has 1 aromatic rings. The smallest absolute Gasteiger partial charge is 0.384 e. The Labute approximate surface area is 198 Å². The third-order valence-corrected chi connectivity index (χ3v) is 6.94. The van der Waals surface area contributed by atoms with Gasteiger partial charge in [0.1, 0.15) is 0 Å². The number of methoxy groups -OCH3 is 1. The van der Waals surface area contributed by atoms with Gasteiger partial charge in [-0.15, -0.1) is 0 Å². The van der Waals surface area contributed by atoms with Crippen molar-refractivity contribution in [1.29, 1.82) is 5.26 Å². The molecule has 186 valence electrons. The number of rotatable bonds is 6. The molecule has 10 heteroatoms. The van der Waals surface area contributed by atoms with E-state index in [9.17, 15) is 22.8 Å². The molecule has 0 spiro atoms. The number of hydrogen-bond donors (Lipinski definition) is 0. The van der Waals surface area contributed by atoms with Crippen molar-refractivity contribution in [1.82, 2.24) is 9.80 Å². The number of carbonyl (C=O) groups is 2. The third kappa shape index (κ3) is 5.63. The minimum absolute atomic E-state index is 0.0314. The number of alkyl halides is 3. The Morgan fingerprint density at radius 2 is 1.88 bits per heavy atom. The number of ether oxygens (including phenoxy) is 1. The van der Waals surface area contributed by atoms with Gasteiger partial charge in [-0.3, -0.25) is 9.59 Å². The summed E-state index contributed by atoms with van der Waals surface area (Å²) >= 11 is 0. The number of anilines is 1. The van der Waals surface area contributed by atoms with E-state index in [0.717, 1.165) is 18.9 Å².